The number of amides is 2. The third kappa shape index (κ3) is 4.35. The summed E-state index contributed by atoms with van der Waals surface area (Å²) in [5.74, 6) is 0.912. The van der Waals surface area contributed by atoms with Crippen LogP contribution < -0.4 is 15.0 Å². The van der Waals surface area contributed by atoms with Gasteiger partial charge in [0.25, 0.3) is 0 Å². The van der Waals surface area contributed by atoms with E-state index in [1.807, 2.05) is 74.5 Å². The summed E-state index contributed by atoms with van der Waals surface area (Å²) in [7, 11) is 0. The number of rotatable bonds is 5. The first-order valence-electron chi connectivity index (χ1n) is 10.0. The first-order valence-corrected chi connectivity index (χ1v) is 10.0. The second-order valence-electron chi connectivity index (χ2n) is 7.62. The summed E-state index contributed by atoms with van der Waals surface area (Å²) >= 11 is 0. The van der Waals surface area contributed by atoms with Crippen molar-refractivity contribution >= 4 is 23.2 Å². The molecule has 1 fully saturated rings. The molecule has 5 nitrogen and oxygen atoms in total. The number of nitrogens with zero attached hydrogens (tertiary/aromatic N) is 1. The monoisotopic (exact) mass is 400 g/mol. The molecule has 0 radical (unpaired) electrons. The largest absolute Gasteiger partial charge is 0.457 e. The molecule has 3 aromatic rings. The summed E-state index contributed by atoms with van der Waals surface area (Å²) in [5.41, 5.74) is 3.75. The fourth-order valence-electron chi connectivity index (χ4n) is 3.58. The molecule has 3 aromatic carbocycles. The molecular weight excluding hydrogens is 376 g/mol. The van der Waals surface area contributed by atoms with Crippen molar-refractivity contribution in [1.29, 1.82) is 0 Å². The molecule has 1 aliphatic heterocycles. The fraction of sp³-hybridized carbons (Fsp3) is 0.200. The Morgan fingerprint density at radius 3 is 2.23 bits per heavy atom. The minimum atomic E-state index is -0.374. The van der Waals surface area contributed by atoms with E-state index in [1.54, 1.807) is 17.0 Å². The number of ether oxygens (including phenoxy) is 1. The van der Waals surface area contributed by atoms with Gasteiger partial charge in [-0.05, 0) is 61.9 Å². The predicted molar refractivity (Wildman–Crippen MR) is 118 cm³/mol. The second kappa shape index (κ2) is 8.41. The maximum Gasteiger partial charge on any atom is 0.229 e. The van der Waals surface area contributed by atoms with Crippen LogP contribution in [0.15, 0.2) is 72.8 Å². The molecule has 30 heavy (non-hydrogen) atoms. The number of benzene rings is 3. The number of para-hydroxylation sites is 1. The quantitative estimate of drug-likeness (QED) is 0.649. The van der Waals surface area contributed by atoms with Crippen molar-refractivity contribution in [2.24, 2.45) is 5.92 Å². The highest BCUT2D eigenvalue weighted by Gasteiger charge is 2.35. The van der Waals surface area contributed by atoms with Gasteiger partial charge in [0.15, 0.2) is 0 Å². The molecule has 1 saturated heterocycles. The zero-order valence-electron chi connectivity index (χ0n) is 17.1. The van der Waals surface area contributed by atoms with E-state index < -0.39 is 0 Å². The van der Waals surface area contributed by atoms with E-state index in [4.69, 9.17) is 4.74 Å². The molecule has 0 unspecified atom stereocenters. The van der Waals surface area contributed by atoms with Crippen molar-refractivity contribution in [2.75, 3.05) is 16.8 Å². The summed E-state index contributed by atoms with van der Waals surface area (Å²) < 4.78 is 5.82. The lowest BCUT2D eigenvalue weighted by Gasteiger charge is -2.19. The van der Waals surface area contributed by atoms with Gasteiger partial charge < -0.3 is 15.0 Å². The summed E-state index contributed by atoms with van der Waals surface area (Å²) in [6.07, 6.45) is 0.217. The van der Waals surface area contributed by atoms with E-state index in [0.717, 1.165) is 17.0 Å². The zero-order valence-corrected chi connectivity index (χ0v) is 17.1. The highest BCUT2D eigenvalue weighted by Crippen LogP contribution is 2.29. The Kier molecular flexibility index (Phi) is 5.53. The number of nitrogens with one attached hydrogen (secondary N) is 1. The van der Waals surface area contributed by atoms with Gasteiger partial charge in [-0.2, -0.15) is 0 Å². The molecule has 0 aromatic heterocycles. The first-order chi connectivity index (χ1) is 14.5. The Labute approximate surface area is 176 Å². The number of carbonyl (C=O) groups is 2. The minimum Gasteiger partial charge on any atom is -0.457 e. The number of aryl methyl sites for hydroxylation is 2. The van der Waals surface area contributed by atoms with E-state index in [0.29, 0.717) is 18.0 Å². The average molecular weight is 400 g/mol. The topological polar surface area (TPSA) is 58.6 Å². The van der Waals surface area contributed by atoms with Crippen molar-refractivity contribution < 1.29 is 14.3 Å². The standard InChI is InChI=1S/C25H24N2O3/c1-17-7-11-21(12-8-17)30-22-13-9-20(10-14-22)26-25(29)19-15-24(28)27(16-19)23-6-4-3-5-18(23)2/h3-14,19H,15-16H2,1-2H3,(H,26,29)/t19-/m1/s1. The van der Waals surface area contributed by atoms with Gasteiger partial charge in [-0.1, -0.05) is 35.9 Å². The van der Waals surface area contributed by atoms with E-state index in [2.05, 4.69) is 5.32 Å². The fourth-order valence-corrected chi connectivity index (χ4v) is 3.58. The normalized spacial score (nSPS) is 15.9. The summed E-state index contributed by atoms with van der Waals surface area (Å²) in [5, 5.41) is 2.92. The van der Waals surface area contributed by atoms with Crippen molar-refractivity contribution in [1.82, 2.24) is 0 Å². The summed E-state index contributed by atoms with van der Waals surface area (Å²) in [6.45, 7) is 4.39. The van der Waals surface area contributed by atoms with Crippen molar-refractivity contribution in [3.05, 3.63) is 83.9 Å². The third-order valence-electron chi connectivity index (χ3n) is 5.28. The SMILES string of the molecule is Cc1ccc(Oc2ccc(NC(=O)[C@@H]3CC(=O)N(c4ccccc4C)C3)cc2)cc1. The number of carbonyl (C=O) groups excluding carboxylic acids is 2. The molecule has 1 N–H and O–H groups in total. The van der Waals surface area contributed by atoms with Gasteiger partial charge in [0, 0.05) is 24.3 Å². The van der Waals surface area contributed by atoms with Gasteiger partial charge >= 0.3 is 0 Å². The molecule has 1 aliphatic rings. The van der Waals surface area contributed by atoms with E-state index in [1.165, 1.54) is 5.56 Å². The zero-order chi connectivity index (χ0) is 21.1. The van der Waals surface area contributed by atoms with Crippen molar-refractivity contribution in [3.63, 3.8) is 0 Å². The van der Waals surface area contributed by atoms with Gasteiger partial charge in [-0.15, -0.1) is 0 Å². The molecular formula is C25H24N2O3. The van der Waals surface area contributed by atoms with Crippen molar-refractivity contribution in [2.45, 2.75) is 20.3 Å². The third-order valence-corrected chi connectivity index (χ3v) is 5.28. The Morgan fingerprint density at radius 1 is 0.933 bits per heavy atom. The maximum absolute atomic E-state index is 12.7. The molecule has 152 valence electrons. The lowest BCUT2D eigenvalue weighted by atomic mass is 10.1. The highest BCUT2D eigenvalue weighted by molar-refractivity contribution is 6.03. The lowest BCUT2D eigenvalue weighted by molar-refractivity contribution is -0.122. The van der Waals surface area contributed by atoms with Crippen LogP contribution >= 0.6 is 0 Å². The molecule has 1 heterocycles. The number of hydrogen-bond acceptors (Lipinski definition) is 3. The smallest absolute Gasteiger partial charge is 0.229 e. The van der Waals surface area contributed by atoms with Crippen LogP contribution in [0.25, 0.3) is 0 Å². The molecule has 2 amide bonds. The lowest BCUT2D eigenvalue weighted by Crippen LogP contribution is -2.28. The Hall–Kier alpha value is -3.60. The van der Waals surface area contributed by atoms with Crippen LogP contribution in [0.4, 0.5) is 11.4 Å². The predicted octanol–water partition coefficient (Wildman–Crippen LogP) is 5.09. The summed E-state index contributed by atoms with van der Waals surface area (Å²) in [4.78, 5) is 26.9. The first kappa shape index (κ1) is 19.7. The highest BCUT2D eigenvalue weighted by atomic mass is 16.5. The molecule has 1 atom stereocenters. The van der Waals surface area contributed by atoms with E-state index in [9.17, 15) is 9.59 Å². The van der Waals surface area contributed by atoms with Crippen LogP contribution in [0.3, 0.4) is 0 Å². The van der Waals surface area contributed by atoms with Crippen LogP contribution in [0.1, 0.15) is 17.5 Å². The second-order valence-corrected chi connectivity index (χ2v) is 7.62. The van der Waals surface area contributed by atoms with Gasteiger partial charge in [0.2, 0.25) is 11.8 Å². The Morgan fingerprint density at radius 2 is 1.57 bits per heavy atom. The molecule has 0 bridgehead atoms. The minimum absolute atomic E-state index is 0.0219. The average Bonchev–Trinajstić information content (AvgIpc) is 3.13. The van der Waals surface area contributed by atoms with Crippen LogP contribution in [0.5, 0.6) is 11.5 Å². The number of anilines is 2. The van der Waals surface area contributed by atoms with Crippen LogP contribution in [-0.2, 0) is 9.59 Å². The summed E-state index contributed by atoms with van der Waals surface area (Å²) in [6, 6.07) is 22.8. The molecule has 5 heteroatoms. The van der Waals surface area contributed by atoms with Gasteiger partial charge in [0.1, 0.15) is 11.5 Å². The van der Waals surface area contributed by atoms with Crippen LogP contribution in [-0.4, -0.2) is 18.4 Å². The Bertz CT molecular complexity index is 1060. The Balaban J connectivity index is 1.37. The van der Waals surface area contributed by atoms with Crippen LogP contribution in [0.2, 0.25) is 0 Å². The molecule has 0 saturated carbocycles. The molecule has 0 spiro atoms. The maximum atomic E-state index is 12.7. The van der Waals surface area contributed by atoms with Gasteiger partial charge in [0.05, 0.1) is 5.92 Å². The van der Waals surface area contributed by atoms with Crippen molar-refractivity contribution in [3.8, 4) is 11.5 Å². The van der Waals surface area contributed by atoms with Crippen LogP contribution in [0, 0.1) is 19.8 Å². The molecule has 4 rings (SSSR count). The van der Waals surface area contributed by atoms with Gasteiger partial charge in [-0.25, -0.2) is 0 Å². The van der Waals surface area contributed by atoms with Gasteiger partial charge in [-0.3, -0.25) is 9.59 Å². The number of hydrogen-bond donors (Lipinski definition) is 1. The van der Waals surface area contributed by atoms with E-state index in [-0.39, 0.29) is 24.2 Å². The van der Waals surface area contributed by atoms with E-state index >= 15 is 0 Å². The molecule has 0 aliphatic carbocycles.